The Bertz CT molecular complexity index is 313. The summed E-state index contributed by atoms with van der Waals surface area (Å²) in [6.45, 7) is 0. The summed E-state index contributed by atoms with van der Waals surface area (Å²) in [6, 6.07) is 10.2. The molecule has 0 aliphatic carbocycles. The Labute approximate surface area is 111 Å². The lowest BCUT2D eigenvalue weighted by Gasteiger charge is -2.02. The van der Waals surface area contributed by atoms with Gasteiger partial charge >= 0.3 is 0 Å². The van der Waals surface area contributed by atoms with E-state index in [-0.39, 0.29) is 0 Å². The van der Waals surface area contributed by atoms with E-state index in [0.717, 1.165) is 31.2 Å². The molecule has 0 saturated heterocycles. The van der Waals surface area contributed by atoms with Crippen LogP contribution in [0.5, 0.6) is 0 Å². The SMILES string of the molecule is O=C(CCCSCCP)CCc1ccccc1. The van der Waals surface area contributed by atoms with Gasteiger partial charge in [0.2, 0.25) is 0 Å². The molecule has 0 spiro atoms. The summed E-state index contributed by atoms with van der Waals surface area (Å²) in [5.74, 6) is 2.70. The second kappa shape index (κ2) is 9.67. The third-order valence-corrected chi connectivity index (χ3v) is 4.35. The lowest BCUT2D eigenvalue weighted by atomic mass is 10.1. The van der Waals surface area contributed by atoms with Crippen molar-refractivity contribution in [3.63, 3.8) is 0 Å². The number of rotatable bonds is 9. The van der Waals surface area contributed by atoms with Gasteiger partial charge in [-0.3, -0.25) is 4.79 Å². The smallest absolute Gasteiger partial charge is 0.133 e. The summed E-state index contributed by atoms with van der Waals surface area (Å²) in [4.78, 5) is 11.6. The molecule has 1 aromatic carbocycles. The zero-order valence-electron chi connectivity index (χ0n) is 10.2. The molecule has 0 saturated carbocycles. The van der Waals surface area contributed by atoms with Crippen LogP contribution in [0.15, 0.2) is 30.3 Å². The molecule has 1 nitrogen and oxygen atoms in total. The summed E-state index contributed by atoms with van der Waals surface area (Å²) in [5, 5.41) is 0. The van der Waals surface area contributed by atoms with Crippen molar-refractivity contribution in [1.29, 1.82) is 0 Å². The van der Waals surface area contributed by atoms with Gasteiger partial charge in [0.15, 0.2) is 0 Å². The maximum Gasteiger partial charge on any atom is 0.133 e. The number of ketones is 1. The lowest BCUT2D eigenvalue weighted by Crippen LogP contribution is -2.01. The Morgan fingerprint density at radius 1 is 1.12 bits per heavy atom. The van der Waals surface area contributed by atoms with Crippen LogP contribution in [0.4, 0.5) is 0 Å². The van der Waals surface area contributed by atoms with E-state index in [4.69, 9.17) is 0 Å². The standard InChI is InChI=1S/C14H21OPS/c15-14(7-4-11-17-12-10-16)9-8-13-5-2-1-3-6-13/h1-3,5-6H,4,7-12,16H2. The van der Waals surface area contributed by atoms with Crippen molar-refractivity contribution in [2.75, 3.05) is 17.7 Å². The number of carbonyl (C=O) groups excluding carboxylic acids is 1. The largest absolute Gasteiger partial charge is 0.300 e. The van der Waals surface area contributed by atoms with E-state index in [0.29, 0.717) is 12.2 Å². The highest BCUT2D eigenvalue weighted by atomic mass is 32.2. The van der Waals surface area contributed by atoms with E-state index in [9.17, 15) is 4.79 Å². The maximum atomic E-state index is 11.6. The first kappa shape index (κ1) is 14.7. The zero-order valence-corrected chi connectivity index (χ0v) is 12.2. The van der Waals surface area contributed by atoms with E-state index in [1.165, 1.54) is 11.3 Å². The molecule has 1 rings (SSSR count). The molecule has 0 amide bonds. The Balaban J connectivity index is 2.05. The maximum absolute atomic E-state index is 11.6. The fourth-order valence-electron chi connectivity index (χ4n) is 1.61. The van der Waals surface area contributed by atoms with Gasteiger partial charge in [0.1, 0.15) is 5.78 Å². The number of thioether (sulfide) groups is 1. The van der Waals surface area contributed by atoms with Crippen molar-refractivity contribution in [2.24, 2.45) is 0 Å². The van der Waals surface area contributed by atoms with Crippen LogP contribution in [-0.4, -0.2) is 23.5 Å². The zero-order chi connectivity index (χ0) is 12.3. The molecule has 0 radical (unpaired) electrons. The van der Waals surface area contributed by atoms with Gasteiger partial charge in [-0.1, -0.05) is 30.3 Å². The van der Waals surface area contributed by atoms with Crippen molar-refractivity contribution in [3.8, 4) is 0 Å². The molecule has 3 heteroatoms. The number of carbonyl (C=O) groups is 1. The second-order valence-electron chi connectivity index (χ2n) is 4.03. The van der Waals surface area contributed by atoms with Crippen molar-refractivity contribution < 1.29 is 4.79 Å². The Kier molecular flexibility index (Phi) is 8.38. The van der Waals surface area contributed by atoms with Crippen LogP contribution in [0.3, 0.4) is 0 Å². The van der Waals surface area contributed by atoms with Crippen molar-refractivity contribution >= 4 is 26.8 Å². The lowest BCUT2D eigenvalue weighted by molar-refractivity contribution is -0.119. The van der Waals surface area contributed by atoms with E-state index in [1.54, 1.807) is 0 Å². The highest BCUT2D eigenvalue weighted by Gasteiger charge is 2.02. The molecule has 1 aromatic rings. The molecule has 0 N–H and O–H groups in total. The number of Topliss-reactive ketones (excluding diaryl/α,β-unsaturated/α-hetero) is 1. The summed E-state index contributed by atoms with van der Waals surface area (Å²) in [5.41, 5.74) is 1.26. The van der Waals surface area contributed by atoms with Crippen LogP contribution in [0.2, 0.25) is 0 Å². The molecular formula is C14H21OPS. The fraction of sp³-hybridized carbons (Fsp3) is 0.500. The average molecular weight is 268 g/mol. The number of aryl methyl sites for hydroxylation is 1. The molecule has 0 aliphatic heterocycles. The highest BCUT2D eigenvalue weighted by Crippen LogP contribution is 2.09. The molecule has 1 atom stereocenters. The first-order chi connectivity index (χ1) is 8.33. The number of hydrogen-bond acceptors (Lipinski definition) is 2. The van der Waals surface area contributed by atoms with Crippen molar-refractivity contribution in [3.05, 3.63) is 35.9 Å². The predicted octanol–water partition coefficient (Wildman–Crippen LogP) is 3.58. The quantitative estimate of drug-likeness (QED) is 0.503. The van der Waals surface area contributed by atoms with Crippen LogP contribution in [0.1, 0.15) is 24.8 Å². The number of benzene rings is 1. The minimum Gasteiger partial charge on any atom is -0.300 e. The third-order valence-electron chi connectivity index (χ3n) is 2.54. The van der Waals surface area contributed by atoms with Crippen LogP contribution < -0.4 is 0 Å². The molecular weight excluding hydrogens is 247 g/mol. The van der Waals surface area contributed by atoms with Gasteiger partial charge < -0.3 is 0 Å². The summed E-state index contributed by atoms with van der Waals surface area (Å²) in [6.07, 6.45) is 4.50. The van der Waals surface area contributed by atoms with E-state index in [2.05, 4.69) is 21.4 Å². The summed E-state index contributed by atoms with van der Waals surface area (Å²) in [7, 11) is 2.73. The Morgan fingerprint density at radius 3 is 2.59 bits per heavy atom. The molecule has 94 valence electrons. The van der Waals surface area contributed by atoms with Crippen LogP contribution in [0.25, 0.3) is 0 Å². The average Bonchev–Trinajstić information content (AvgIpc) is 2.37. The fourth-order valence-corrected chi connectivity index (χ4v) is 2.83. The molecule has 0 aliphatic rings. The van der Waals surface area contributed by atoms with Gasteiger partial charge in [-0.2, -0.15) is 11.8 Å². The first-order valence-corrected chi connectivity index (χ1v) is 8.13. The highest BCUT2D eigenvalue weighted by molar-refractivity contribution is 7.99. The van der Waals surface area contributed by atoms with Gasteiger partial charge in [-0.05, 0) is 36.1 Å². The molecule has 17 heavy (non-hydrogen) atoms. The second-order valence-corrected chi connectivity index (χ2v) is 5.83. The Morgan fingerprint density at radius 2 is 1.88 bits per heavy atom. The monoisotopic (exact) mass is 268 g/mol. The topological polar surface area (TPSA) is 17.1 Å². The molecule has 0 aromatic heterocycles. The Hall–Kier alpha value is -0.330. The minimum absolute atomic E-state index is 0.403. The van der Waals surface area contributed by atoms with E-state index < -0.39 is 0 Å². The third kappa shape index (κ3) is 7.57. The number of hydrogen-bond donors (Lipinski definition) is 0. The first-order valence-electron chi connectivity index (χ1n) is 6.16. The van der Waals surface area contributed by atoms with Gasteiger partial charge in [-0.15, -0.1) is 9.24 Å². The molecule has 1 unspecified atom stereocenters. The van der Waals surface area contributed by atoms with Crippen LogP contribution in [0, 0.1) is 0 Å². The van der Waals surface area contributed by atoms with Crippen molar-refractivity contribution in [2.45, 2.75) is 25.7 Å². The van der Waals surface area contributed by atoms with Crippen LogP contribution in [-0.2, 0) is 11.2 Å². The normalized spacial score (nSPS) is 10.4. The van der Waals surface area contributed by atoms with Gasteiger partial charge in [0, 0.05) is 12.8 Å². The van der Waals surface area contributed by atoms with Gasteiger partial charge in [0.05, 0.1) is 0 Å². The predicted molar refractivity (Wildman–Crippen MR) is 80.9 cm³/mol. The van der Waals surface area contributed by atoms with Crippen LogP contribution >= 0.6 is 21.0 Å². The molecule has 0 heterocycles. The molecule has 0 fully saturated rings. The molecule has 0 bridgehead atoms. The van der Waals surface area contributed by atoms with Gasteiger partial charge in [0.25, 0.3) is 0 Å². The van der Waals surface area contributed by atoms with E-state index in [1.807, 2.05) is 30.0 Å². The minimum atomic E-state index is 0.403. The van der Waals surface area contributed by atoms with Crippen molar-refractivity contribution in [1.82, 2.24) is 0 Å². The van der Waals surface area contributed by atoms with E-state index >= 15 is 0 Å². The van der Waals surface area contributed by atoms with Gasteiger partial charge in [-0.25, -0.2) is 0 Å². The summed E-state index contributed by atoms with van der Waals surface area (Å²) < 4.78 is 0. The summed E-state index contributed by atoms with van der Waals surface area (Å²) >= 11 is 1.94.